The van der Waals surface area contributed by atoms with Crippen molar-refractivity contribution in [1.29, 1.82) is 0 Å². The molecule has 21 heavy (non-hydrogen) atoms. The van der Waals surface area contributed by atoms with Gasteiger partial charge in [0.05, 0.1) is 12.2 Å². The van der Waals surface area contributed by atoms with E-state index < -0.39 is 0 Å². The number of hydrogen-bond acceptors (Lipinski definition) is 5. The van der Waals surface area contributed by atoms with Gasteiger partial charge in [0.1, 0.15) is 12.0 Å². The number of carbonyl (C=O) groups is 1. The Morgan fingerprint density at radius 2 is 2.29 bits per heavy atom. The summed E-state index contributed by atoms with van der Waals surface area (Å²) in [5.41, 5.74) is 0.381. The number of piperidine rings is 1. The fraction of sp³-hybridized carbons (Fsp3) is 0.500. The zero-order valence-corrected chi connectivity index (χ0v) is 12.0. The average Bonchev–Trinajstić information content (AvgIpc) is 3.03. The van der Waals surface area contributed by atoms with Gasteiger partial charge in [0.25, 0.3) is 5.91 Å². The predicted molar refractivity (Wildman–Crippen MR) is 75.4 cm³/mol. The van der Waals surface area contributed by atoms with Crippen LogP contribution < -0.4 is 0 Å². The fourth-order valence-corrected chi connectivity index (χ4v) is 2.77. The van der Waals surface area contributed by atoms with E-state index in [0.717, 1.165) is 38.2 Å². The second-order valence-electron chi connectivity index (χ2n) is 5.08. The van der Waals surface area contributed by atoms with Gasteiger partial charge >= 0.3 is 0 Å². The summed E-state index contributed by atoms with van der Waals surface area (Å²) < 4.78 is 1.99. The van der Waals surface area contributed by atoms with E-state index in [2.05, 4.69) is 20.2 Å². The van der Waals surface area contributed by atoms with E-state index in [1.54, 1.807) is 18.7 Å². The number of amides is 1. The van der Waals surface area contributed by atoms with E-state index in [1.165, 1.54) is 6.20 Å². The standard InChI is InChI=1S/C14H18N6O/c1-2-19-10-17-18-13(19)12-5-3-4-8-20(12)14(21)11-9-15-6-7-16-11/h6-7,9-10,12H,2-5,8H2,1H3/t12-/m1/s1. The SMILES string of the molecule is CCn1cnnc1[C@H]1CCCCN1C(=O)c1cnccn1. The molecule has 1 aliphatic rings. The van der Waals surface area contributed by atoms with Crippen LogP contribution in [0.1, 0.15) is 48.5 Å². The Balaban J connectivity index is 1.90. The van der Waals surface area contributed by atoms with Gasteiger partial charge in [0.15, 0.2) is 5.82 Å². The first-order valence-electron chi connectivity index (χ1n) is 7.26. The molecule has 1 amide bonds. The molecule has 0 N–H and O–H groups in total. The molecule has 110 valence electrons. The Morgan fingerprint density at radius 1 is 1.38 bits per heavy atom. The molecule has 1 aliphatic heterocycles. The van der Waals surface area contributed by atoms with Crippen LogP contribution >= 0.6 is 0 Å². The summed E-state index contributed by atoms with van der Waals surface area (Å²) in [5.74, 6) is 0.771. The van der Waals surface area contributed by atoms with Gasteiger partial charge in [-0.2, -0.15) is 0 Å². The molecule has 0 saturated carbocycles. The summed E-state index contributed by atoms with van der Waals surface area (Å²) in [6.45, 7) is 3.56. The molecule has 2 aromatic heterocycles. The largest absolute Gasteiger partial charge is 0.327 e. The Bertz CT molecular complexity index is 611. The zero-order valence-electron chi connectivity index (χ0n) is 12.0. The number of aryl methyl sites for hydroxylation is 1. The first kappa shape index (κ1) is 13.7. The highest BCUT2D eigenvalue weighted by Crippen LogP contribution is 2.30. The normalized spacial score (nSPS) is 18.7. The summed E-state index contributed by atoms with van der Waals surface area (Å²) in [4.78, 5) is 22.6. The molecule has 0 unspecified atom stereocenters. The summed E-state index contributed by atoms with van der Waals surface area (Å²) >= 11 is 0. The molecule has 3 heterocycles. The van der Waals surface area contributed by atoms with Crippen LogP contribution in [0.2, 0.25) is 0 Å². The van der Waals surface area contributed by atoms with E-state index in [9.17, 15) is 4.79 Å². The topological polar surface area (TPSA) is 76.8 Å². The Hall–Kier alpha value is -2.31. The molecule has 0 aromatic carbocycles. The van der Waals surface area contributed by atoms with Crippen molar-refractivity contribution in [1.82, 2.24) is 29.6 Å². The summed E-state index contributed by atoms with van der Waals surface area (Å²) in [7, 11) is 0. The number of nitrogens with zero attached hydrogens (tertiary/aromatic N) is 6. The second-order valence-corrected chi connectivity index (χ2v) is 5.08. The van der Waals surface area contributed by atoms with Gasteiger partial charge < -0.3 is 9.47 Å². The maximum absolute atomic E-state index is 12.7. The molecule has 1 fully saturated rings. The highest BCUT2D eigenvalue weighted by atomic mass is 16.2. The van der Waals surface area contributed by atoms with Crippen molar-refractivity contribution in [2.75, 3.05) is 6.54 Å². The van der Waals surface area contributed by atoms with E-state index in [4.69, 9.17) is 0 Å². The van der Waals surface area contributed by atoms with Gasteiger partial charge in [0.2, 0.25) is 0 Å². The number of likely N-dealkylation sites (tertiary alicyclic amines) is 1. The van der Waals surface area contributed by atoms with Gasteiger partial charge in [-0.25, -0.2) is 4.98 Å². The first-order valence-corrected chi connectivity index (χ1v) is 7.26. The van der Waals surface area contributed by atoms with Gasteiger partial charge in [-0.15, -0.1) is 10.2 Å². The number of carbonyl (C=O) groups excluding carboxylic acids is 1. The third-order valence-electron chi connectivity index (χ3n) is 3.83. The smallest absolute Gasteiger partial charge is 0.274 e. The molecule has 7 nitrogen and oxygen atoms in total. The second kappa shape index (κ2) is 5.99. The van der Waals surface area contributed by atoms with E-state index in [1.807, 2.05) is 16.4 Å². The van der Waals surface area contributed by atoms with Crippen molar-refractivity contribution in [3.8, 4) is 0 Å². The maximum atomic E-state index is 12.7. The van der Waals surface area contributed by atoms with Crippen molar-refractivity contribution in [2.45, 2.75) is 38.8 Å². The third-order valence-corrected chi connectivity index (χ3v) is 3.83. The lowest BCUT2D eigenvalue weighted by molar-refractivity contribution is 0.0588. The molecular weight excluding hydrogens is 268 g/mol. The summed E-state index contributed by atoms with van der Waals surface area (Å²) in [6.07, 6.45) is 9.34. The number of aromatic nitrogens is 5. The van der Waals surface area contributed by atoms with Crippen molar-refractivity contribution in [2.24, 2.45) is 0 Å². The molecule has 3 rings (SSSR count). The van der Waals surface area contributed by atoms with Crippen molar-refractivity contribution in [3.63, 3.8) is 0 Å². The highest BCUT2D eigenvalue weighted by Gasteiger charge is 2.32. The molecular formula is C14H18N6O. The van der Waals surface area contributed by atoms with Crippen LogP contribution in [0.25, 0.3) is 0 Å². The molecule has 0 aliphatic carbocycles. The van der Waals surface area contributed by atoms with Crippen LogP contribution in [-0.4, -0.2) is 42.1 Å². The van der Waals surface area contributed by atoms with Crippen molar-refractivity contribution < 1.29 is 4.79 Å². The van der Waals surface area contributed by atoms with Crippen molar-refractivity contribution in [3.05, 3.63) is 36.4 Å². The minimum absolute atomic E-state index is 0.0318. The lowest BCUT2D eigenvalue weighted by atomic mass is 10.0. The third kappa shape index (κ3) is 2.63. The highest BCUT2D eigenvalue weighted by molar-refractivity contribution is 5.92. The van der Waals surface area contributed by atoms with Gasteiger partial charge in [-0.1, -0.05) is 0 Å². The fourth-order valence-electron chi connectivity index (χ4n) is 2.77. The molecule has 1 atom stereocenters. The quantitative estimate of drug-likeness (QED) is 0.853. The minimum atomic E-state index is -0.0848. The molecule has 2 aromatic rings. The number of hydrogen-bond donors (Lipinski definition) is 0. The van der Waals surface area contributed by atoms with Gasteiger partial charge in [-0.3, -0.25) is 9.78 Å². The minimum Gasteiger partial charge on any atom is -0.327 e. The number of rotatable bonds is 3. The van der Waals surface area contributed by atoms with Gasteiger partial charge in [0, 0.05) is 25.5 Å². The average molecular weight is 286 g/mol. The lowest BCUT2D eigenvalue weighted by Crippen LogP contribution is -2.40. The first-order chi connectivity index (χ1) is 10.3. The Kier molecular flexibility index (Phi) is 3.89. The molecule has 0 spiro atoms. The van der Waals surface area contributed by atoms with E-state index in [-0.39, 0.29) is 11.9 Å². The Morgan fingerprint density at radius 3 is 3.05 bits per heavy atom. The van der Waals surface area contributed by atoms with E-state index in [0.29, 0.717) is 5.69 Å². The van der Waals surface area contributed by atoms with Crippen LogP contribution in [0.15, 0.2) is 24.9 Å². The zero-order chi connectivity index (χ0) is 14.7. The van der Waals surface area contributed by atoms with E-state index >= 15 is 0 Å². The molecule has 1 saturated heterocycles. The van der Waals surface area contributed by atoms with Crippen LogP contribution in [0.5, 0.6) is 0 Å². The molecule has 0 bridgehead atoms. The van der Waals surface area contributed by atoms with Crippen LogP contribution in [0.3, 0.4) is 0 Å². The molecule has 7 heteroatoms. The Labute approximate surface area is 123 Å². The summed E-state index contributed by atoms with van der Waals surface area (Å²) in [6, 6.07) is -0.0318. The van der Waals surface area contributed by atoms with Crippen LogP contribution in [0, 0.1) is 0 Å². The van der Waals surface area contributed by atoms with Gasteiger partial charge in [-0.05, 0) is 26.2 Å². The van der Waals surface area contributed by atoms with Crippen molar-refractivity contribution >= 4 is 5.91 Å². The van der Waals surface area contributed by atoms with Crippen LogP contribution in [-0.2, 0) is 6.54 Å². The lowest BCUT2D eigenvalue weighted by Gasteiger charge is -2.34. The molecule has 0 radical (unpaired) electrons. The maximum Gasteiger partial charge on any atom is 0.274 e. The van der Waals surface area contributed by atoms with Crippen LogP contribution in [0.4, 0.5) is 0 Å². The summed E-state index contributed by atoms with van der Waals surface area (Å²) in [5, 5.41) is 8.20. The monoisotopic (exact) mass is 286 g/mol. The predicted octanol–water partition coefficient (Wildman–Crippen LogP) is 1.46.